The van der Waals surface area contributed by atoms with E-state index in [1.165, 1.54) is 0 Å². The molecular weight excluding hydrogens is 248 g/mol. The van der Waals surface area contributed by atoms with Gasteiger partial charge in [-0.1, -0.05) is 18.3 Å². The SMILES string of the molecule is CCN(CCC(N)=S)C(=O)c1cccc(O)c1C. The zero-order valence-corrected chi connectivity index (χ0v) is 11.5. The average molecular weight is 266 g/mol. The average Bonchev–Trinajstić information content (AvgIpc) is 2.32. The van der Waals surface area contributed by atoms with E-state index in [9.17, 15) is 9.90 Å². The number of carbonyl (C=O) groups excluding carboxylic acids is 1. The Kier molecular flexibility index (Phi) is 5.09. The fourth-order valence-corrected chi connectivity index (χ4v) is 1.77. The highest BCUT2D eigenvalue weighted by molar-refractivity contribution is 7.80. The third kappa shape index (κ3) is 3.43. The molecule has 1 aromatic carbocycles. The summed E-state index contributed by atoms with van der Waals surface area (Å²) in [4.78, 5) is 14.4. The highest BCUT2D eigenvalue weighted by Crippen LogP contribution is 2.20. The van der Waals surface area contributed by atoms with Crippen molar-refractivity contribution in [3.63, 3.8) is 0 Å². The molecule has 0 spiro atoms. The summed E-state index contributed by atoms with van der Waals surface area (Å²) in [6.45, 7) is 4.70. The molecule has 3 N–H and O–H groups in total. The van der Waals surface area contributed by atoms with Gasteiger partial charge >= 0.3 is 0 Å². The maximum absolute atomic E-state index is 12.3. The molecule has 1 aromatic rings. The van der Waals surface area contributed by atoms with Crippen molar-refractivity contribution in [1.29, 1.82) is 0 Å². The third-order valence-corrected chi connectivity index (χ3v) is 3.04. The molecule has 0 aliphatic carbocycles. The Labute approximate surface area is 112 Å². The molecule has 0 unspecified atom stereocenters. The first-order chi connectivity index (χ1) is 8.47. The second kappa shape index (κ2) is 6.35. The van der Waals surface area contributed by atoms with Crippen LogP contribution in [0.15, 0.2) is 18.2 Å². The van der Waals surface area contributed by atoms with Gasteiger partial charge in [-0.25, -0.2) is 0 Å². The van der Waals surface area contributed by atoms with Crippen LogP contribution in [0.4, 0.5) is 0 Å². The van der Waals surface area contributed by atoms with E-state index in [1.54, 1.807) is 30.0 Å². The predicted molar refractivity (Wildman–Crippen MR) is 75.8 cm³/mol. The third-order valence-electron chi connectivity index (χ3n) is 2.83. The summed E-state index contributed by atoms with van der Waals surface area (Å²) in [7, 11) is 0. The van der Waals surface area contributed by atoms with Crippen molar-refractivity contribution in [3.05, 3.63) is 29.3 Å². The molecule has 0 fully saturated rings. The summed E-state index contributed by atoms with van der Waals surface area (Å²) in [5.74, 6) is 0.0217. The summed E-state index contributed by atoms with van der Waals surface area (Å²) < 4.78 is 0. The van der Waals surface area contributed by atoms with Gasteiger partial charge in [-0.15, -0.1) is 0 Å². The first-order valence-corrected chi connectivity index (χ1v) is 6.24. The molecule has 4 nitrogen and oxygen atoms in total. The first kappa shape index (κ1) is 14.4. The van der Waals surface area contributed by atoms with Crippen LogP contribution in [-0.4, -0.2) is 34.0 Å². The van der Waals surface area contributed by atoms with Gasteiger partial charge < -0.3 is 15.7 Å². The molecule has 0 saturated heterocycles. The predicted octanol–water partition coefficient (Wildman–Crippen LogP) is 1.84. The van der Waals surface area contributed by atoms with Gasteiger partial charge in [-0.05, 0) is 26.0 Å². The number of hydrogen-bond donors (Lipinski definition) is 2. The summed E-state index contributed by atoms with van der Waals surface area (Å²) in [5, 5.41) is 9.61. The number of thiocarbonyl (C=S) groups is 1. The molecule has 5 heteroatoms. The Hall–Kier alpha value is -1.62. The van der Waals surface area contributed by atoms with Crippen molar-refractivity contribution in [2.24, 2.45) is 5.73 Å². The molecule has 1 rings (SSSR count). The number of benzene rings is 1. The quantitative estimate of drug-likeness (QED) is 0.798. The maximum Gasteiger partial charge on any atom is 0.254 e. The van der Waals surface area contributed by atoms with Crippen molar-refractivity contribution in [2.75, 3.05) is 13.1 Å². The molecule has 0 aromatic heterocycles. The molecule has 98 valence electrons. The number of nitrogens with zero attached hydrogens (tertiary/aromatic N) is 1. The van der Waals surface area contributed by atoms with Crippen molar-refractivity contribution >= 4 is 23.1 Å². The zero-order valence-electron chi connectivity index (χ0n) is 10.6. The summed E-state index contributed by atoms with van der Waals surface area (Å²) >= 11 is 4.81. The lowest BCUT2D eigenvalue weighted by atomic mass is 10.1. The zero-order chi connectivity index (χ0) is 13.7. The van der Waals surface area contributed by atoms with E-state index in [0.29, 0.717) is 35.6 Å². The first-order valence-electron chi connectivity index (χ1n) is 5.83. The van der Waals surface area contributed by atoms with E-state index < -0.39 is 0 Å². The second-order valence-electron chi connectivity index (χ2n) is 4.05. The van der Waals surface area contributed by atoms with Crippen LogP contribution in [0.1, 0.15) is 29.3 Å². The van der Waals surface area contributed by atoms with Crippen molar-refractivity contribution in [1.82, 2.24) is 4.90 Å². The van der Waals surface area contributed by atoms with Gasteiger partial charge in [0, 0.05) is 30.6 Å². The number of amides is 1. The number of rotatable bonds is 5. The minimum absolute atomic E-state index is 0.109. The van der Waals surface area contributed by atoms with Crippen molar-refractivity contribution in [2.45, 2.75) is 20.3 Å². The molecule has 1 amide bonds. The largest absolute Gasteiger partial charge is 0.508 e. The van der Waals surface area contributed by atoms with Crippen LogP contribution in [0.3, 0.4) is 0 Å². The van der Waals surface area contributed by atoms with Crippen LogP contribution in [0.25, 0.3) is 0 Å². The summed E-state index contributed by atoms with van der Waals surface area (Å²) in [6.07, 6.45) is 0.507. The fourth-order valence-electron chi connectivity index (χ4n) is 1.67. The highest BCUT2D eigenvalue weighted by atomic mass is 32.1. The van der Waals surface area contributed by atoms with Crippen LogP contribution < -0.4 is 5.73 Å². The van der Waals surface area contributed by atoms with Gasteiger partial charge in [0.25, 0.3) is 5.91 Å². The van der Waals surface area contributed by atoms with Gasteiger partial charge in [0.2, 0.25) is 0 Å². The molecule has 18 heavy (non-hydrogen) atoms. The van der Waals surface area contributed by atoms with E-state index >= 15 is 0 Å². The number of phenols is 1. The van der Waals surface area contributed by atoms with Crippen LogP contribution in [0.2, 0.25) is 0 Å². The Morgan fingerprint density at radius 2 is 2.17 bits per heavy atom. The minimum Gasteiger partial charge on any atom is -0.508 e. The number of phenolic OH excluding ortho intramolecular Hbond substituents is 1. The van der Waals surface area contributed by atoms with Crippen molar-refractivity contribution in [3.8, 4) is 5.75 Å². The van der Waals surface area contributed by atoms with Crippen LogP contribution >= 0.6 is 12.2 Å². The van der Waals surface area contributed by atoms with E-state index in [-0.39, 0.29) is 11.7 Å². The van der Waals surface area contributed by atoms with Gasteiger partial charge in [-0.2, -0.15) is 0 Å². The Balaban J connectivity index is 2.89. The molecular formula is C13H18N2O2S. The van der Waals surface area contributed by atoms with Gasteiger partial charge in [0.1, 0.15) is 5.75 Å². The standard InChI is InChI=1S/C13H18N2O2S/c1-3-15(8-7-12(14)18)13(17)10-5-4-6-11(16)9(10)2/h4-6,16H,3,7-8H2,1-2H3,(H2,14,18). The van der Waals surface area contributed by atoms with Crippen LogP contribution in [0, 0.1) is 6.92 Å². The Morgan fingerprint density at radius 1 is 1.50 bits per heavy atom. The smallest absolute Gasteiger partial charge is 0.254 e. The second-order valence-corrected chi connectivity index (χ2v) is 4.58. The van der Waals surface area contributed by atoms with Gasteiger partial charge in [-0.3, -0.25) is 4.79 Å². The van der Waals surface area contributed by atoms with E-state index in [2.05, 4.69) is 0 Å². The van der Waals surface area contributed by atoms with Crippen LogP contribution in [-0.2, 0) is 0 Å². The lowest BCUT2D eigenvalue weighted by Gasteiger charge is -2.21. The van der Waals surface area contributed by atoms with Crippen molar-refractivity contribution < 1.29 is 9.90 Å². The lowest BCUT2D eigenvalue weighted by molar-refractivity contribution is 0.0767. The highest BCUT2D eigenvalue weighted by Gasteiger charge is 2.17. The molecule has 0 aliphatic rings. The van der Waals surface area contributed by atoms with E-state index in [0.717, 1.165) is 0 Å². The summed E-state index contributed by atoms with van der Waals surface area (Å²) in [6, 6.07) is 4.94. The van der Waals surface area contributed by atoms with Gasteiger partial charge in [0.05, 0.1) is 4.99 Å². The molecule has 0 bridgehead atoms. The molecule has 0 radical (unpaired) electrons. The Bertz CT molecular complexity index is 460. The Morgan fingerprint density at radius 3 is 2.72 bits per heavy atom. The van der Waals surface area contributed by atoms with Gasteiger partial charge in [0.15, 0.2) is 0 Å². The number of nitrogens with two attached hydrogens (primary N) is 1. The monoisotopic (exact) mass is 266 g/mol. The molecule has 0 heterocycles. The lowest BCUT2D eigenvalue weighted by Crippen LogP contribution is -2.34. The fraction of sp³-hybridized carbons (Fsp3) is 0.385. The molecule has 0 saturated carbocycles. The molecule has 0 atom stereocenters. The summed E-state index contributed by atoms with van der Waals surface area (Å²) in [5.41, 5.74) is 6.55. The van der Waals surface area contributed by atoms with Crippen LogP contribution in [0.5, 0.6) is 5.75 Å². The maximum atomic E-state index is 12.3. The van der Waals surface area contributed by atoms with E-state index in [1.807, 2.05) is 6.92 Å². The molecule has 0 aliphatic heterocycles. The normalized spacial score (nSPS) is 10.1. The minimum atomic E-state index is -0.109. The topological polar surface area (TPSA) is 66.6 Å². The number of aromatic hydroxyl groups is 1. The number of hydrogen-bond acceptors (Lipinski definition) is 3. The van der Waals surface area contributed by atoms with E-state index in [4.69, 9.17) is 18.0 Å². The number of carbonyl (C=O) groups is 1.